The van der Waals surface area contributed by atoms with Crippen LogP contribution in [0.15, 0.2) is 45.1 Å². The molecule has 26 heavy (non-hydrogen) atoms. The van der Waals surface area contributed by atoms with Gasteiger partial charge in [0.1, 0.15) is 5.58 Å². The summed E-state index contributed by atoms with van der Waals surface area (Å²) < 4.78 is 5.20. The Kier molecular flexibility index (Phi) is 4.04. The van der Waals surface area contributed by atoms with Crippen molar-refractivity contribution in [1.82, 2.24) is 4.98 Å². The van der Waals surface area contributed by atoms with E-state index in [-0.39, 0.29) is 18.2 Å². The number of thiazole rings is 1. The maximum absolute atomic E-state index is 12.5. The standard InChI is InChI=1S/C18H15N3O4S/c1-10-6-16(23)25-14-8-12(2-3-13(10)14)20-17(24)11-7-15(22)21(9-11)18-19-4-5-26-18/h2-6,8,11H,7,9H2,1H3,(H,20,24). The predicted molar refractivity (Wildman–Crippen MR) is 98.4 cm³/mol. The number of nitrogens with zero attached hydrogens (tertiary/aromatic N) is 2. The SMILES string of the molecule is Cc1cc(=O)oc2cc(NC(=O)C3CC(=O)N(c4nccs4)C3)ccc12. The van der Waals surface area contributed by atoms with E-state index in [2.05, 4.69) is 10.3 Å². The third-order valence-electron chi connectivity index (χ3n) is 4.36. The molecule has 2 amide bonds. The van der Waals surface area contributed by atoms with Gasteiger partial charge in [-0.25, -0.2) is 9.78 Å². The molecule has 8 heteroatoms. The number of rotatable bonds is 3. The van der Waals surface area contributed by atoms with Gasteiger partial charge in [-0.15, -0.1) is 11.3 Å². The van der Waals surface area contributed by atoms with E-state index >= 15 is 0 Å². The Hall–Kier alpha value is -3.00. The highest BCUT2D eigenvalue weighted by Gasteiger charge is 2.36. The summed E-state index contributed by atoms with van der Waals surface area (Å²) >= 11 is 1.37. The quantitative estimate of drug-likeness (QED) is 0.716. The van der Waals surface area contributed by atoms with Crippen molar-refractivity contribution < 1.29 is 14.0 Å². The van der Waals surface area contributed by atoms with Gasteiger partial charge in [0.2, 0.25) is 11.8 Å². The van der Waals surface area contributed by atoms with Gasteiger partial charge in [0, 0.05) is 47.7 Å². The zero-order valence-corrected chi connectivity index (χ0v) is 14.7. The summed E-state index contributed by atoms with van der Waals surface area (Å²) in [7, 11) is 0. The number of nitrogens with one attached hydrogen (secondary N) is 1. The van der Waals surface area contributed by atoms with Crippen LogP contribution in [0.4, 0.5) is 10.8 Å². The van der Waals surface area contributed by atoms with Gasteiger partial charge in [-0.05, 0) is 24.6 Å². The summed E-state index contributed by atoms with van der Waals surface area (Å²) in [6, 6.07) is 6.60. The molecular weight excluding hydrogens is 354 g/mol. The van der Waals surface area contributed by atoms with Crippen LogP contribution >= 0.6 is 11.3 Å². The molecule has 1 N–H and O–H groups in total. The molecule has 0 saturated carbocycles. The first-order valence-electron chi connectivity index (χ1n) is 8.06. The minimum absolute atomic E-state index is 0.111. The van der Waals surface area contributed by atoms with Crippen molar-refractivity contribution in [3.05, 3.63) is 51.8 Å². The highest BCUT2D eigenvalue weighted by molar-refractivity contribution is 7.13. The molecule has 1 aliphatic rings. The Morgan fingerprint density at radius 2 is 2.19 bits per heavy atom. The second-order valence-corrected chi connectivity index (χ2v) is 7.04. The van der Waals surface area contributed by atoms with E-state index in [1.54, 1.807) is 29.8 Å². The number of hydrogen-bond acceptors (Lipinski definition) is 6. The van der Waals surface area contributed by atoms with Crippen LogP contribution in [0.25, 0.3) is 11.0 Å². The number of carbonyl (C=O) groups is 2. The zero-order valence-electron chi connectivity index (χ0n) is 13.9. The van der Waals surface area contributed by atoms with E-state index in [1.807, 2.05) is 6.92 Å². The normalized spacial score (nSPS) is 17.0. The Bertz CT molecular complexity index is 1060. The molecule has 132 valence electrons. The smallest absolute Gasteiger partial charge is 0.336 e. The van der Waals surface area contributed by atoms with Crippen LogP contribution in [-0.4, -0.2) is 23.3 Å². The summed E-state index contributed by atoms with van der Waals surface area (Å²) in [5, 5.41) is 6.02. The second-order valence-electron chi connectivity index (χ2n) is 6.17. The van der Waals surface area contributed by atoms with Gasteiger partial charge in [0.25, 0.3) is 0 Å². The first kappa shape index (κ1) is 16.5. The van der Waals surface area contributed by atoms with Gasteiger partial charge in [-0.1, -0.05) is 0 Å². The third kappa shape index (κ3) is 2.99. The number of amides is 2. The van der Waals surface area contributed by atoms with Crippen molar-refractivity contribution in [3.63, 3.8) is 0 Å². The summed E-state index contributed by atoms with van der Waals surface area (Å²) in [6.07, 6.45) is 1.78. The van der Waals surface area contributed by atoms with Crippen molar-refractivity contribution in [2.24, 2.45) is 5.92 Å². The predicted octanol–water partition coefficient (Wildman–Crippen LogP) is 2.55. The highest BCUT2D eigenvalue weighted by Crippen LogP contribution is 2.28. The molecule has 1 aromatic carbocycles. The number of aromatic nitrogens is 1. The Labute approximate surface area is 152 Å². The van der Waals surface area contributed by atoms with E-state index in [4.69, 9.17) is 4.42 Å². The largest absolute Gasteiger partial charge is 0.423 e. The van der Waals surface area contributed by atoms with Gasteiger partial charge in [0.05, 0.1) is 5.92 Å². The number of benzene rings is 1. The number of aryl methyl sites for hydroxylation is 1. The molecule has 7 nitrogen and oxygen atoms in total. The highest BCUT2D eigenvalue weighted by atomic mass is 32.1. The molecule has 2 aromatic heterocycles. The minimum atomic E-state index is -0.452. The summed E-state index contributed by atoms with van der Waals surface area (Å²) in [5.41, 5.74) is 1.32. The molecule has 1 atom stereocenters. The van der Waals surface area contributed by atoms with E-state index in [9.17, 15) is 14.4 Å². The Morgan fingerprint density at radius 3 is 2.96 bits per heavy atom. The molecule has 3 heterocycles. The van der Waals surface area contributed by atoms with E-state index in [1.165, 1.54) is 22.3 Å². The lowest BCUT2D eigenvalue weighted by atomic mass is 10.1. The molecule has 1 saturated heterocycles. The molecule has 0 bridgehead atoms. The molecular formula is C18H15N3O4S. The summed E-state index contributed by atoms with van der Waals surface area (Å²) in [4.78, 5) is 41.9. The zero-order chi connectivity index (χ0) is 18.3. The van der Waals surface area contributed by atoms with Crippen LogP contribution in [0.5, 0.6) is 0 Å². The molecule has 1 fully saturated rings. The van der Waals surface area contributed by atoms with E-state index in [0.29, 0.717) is 22.9 Å². The molecule has 1 unspecified atom stereocenters. The average molecular weight is 369 g/mol. The molecule has 0 radical (unpaired) electrons. The molecule has 0 aliphatic carbocycles. The fraction of sp³-hybridized carbons (Fsp3) is 0.222. The molecule has 3 aromatic rings. The summed E-state index contributed by atoms with van der Waals surface area (Å²) in [6.45, 7) is 2.13. The fourth-order valence-corrected chi connectivity index (χ4v) is 3.73. The van der Waals surface area contributed by atoms with Crippen molar-refractivity contribution in [3.8, 4) is 0 Å². The van der Waals surface area contributed by atoms with Crippen LogP contribution in [0.2, 0.25) is 0 Å². The number of hydrogen-bond donors (Lipinski definition) is 1. The fourth-order valence-electron chi connectivity index (χ4n) is 3.06. The number of fused-ring (bicyclic) bond motifs is 1. The van der Waals surface area contributed by atoms with Gasteiger partial charge in [0.15, 0.2) is 5.13 Å². The lowest BCUT2D eigenvalue weighted by Crippen LogP contribution is -2.28. The van der Waals surface area contributed by atoms with Crippen LogP contribution in [-0.2, 0) is 9.59 Å². The van der Waals surface area contributed by atoms with Crippen LogP contribution < -0.4 is 15.8 Å². The van der Waals surface area contributed by atoms with Gasteiger partial charge in [-0.2, -0.15) is 0 Å². The molecule has 4 rings (SSSR count). The molecule has 1 aliphatic heterocycles. The van der Waals surface area contributed by atoms with Crippen molar-refractivity contribution in [1.29, 1.82) is 0 Å². The first-order valence-corrected chi connectivity index (χ1v) is 8.94. The van der Waals surface area contributed by atoms with Crippen LogP contribution in [0.1, 0.15) is 12.0 Å². The van der Waals surface area contributed by atoms with Gasteiger partial charge >= 0.3 is 5.63 Å². The Morgan fingerprint density at radius 1 is 1.35 bits per heavy atom. The van der Waals surface area contributed by atoms with Crippen molar-refractivity contribution in [2.75, 3.05) is 16.8 Å². The lowest BCUT2D eigenvalue weighted by molar-refractivity contribution is -0.122. The van der Waals surface area contributed by atoms with Crippen molar-refractivity contribution in [2.45, 2.75) is 13.3 Å². The van der Waals surface area contributed by atoms with Crippen LogP contribution in [0, 0.1) is 12.8 Å². The maximum atomic E-state index is 12.5. The first-order chi connectivity index (χ1) is 12.5. The van der Waals surface area contributed by atoms with Crippen molar-refractivity contribution >= 4 is 44.9 Å². The topological polar surface area (TPSA) is 92.5 Å². The lowest BCUT2D eigenvalue weighted by Gasteiger charge is -2.13. The van der Waals surface area contributed by atoms with Gasteiger partial charge in [-0.3, -0.25) is 14.5 Å². The monoisotopic (exact) mass is 369 g/mol. The number of carbonyl (C=O) groups excluding carboxylic acids is 2. The second kappa shape index (κ2) is 6.38. The Balaban J connectivity index is 1.52. The molecule has 0 spiro atoms. The number of anilines is 2. The van der Waals surface area contributed by atoms with Gasteiger partial charge < -0.3 is 9.73 Å². The average Bonchev–Trinajstić information content (AvgIpc) is 3.23. The summed E-state index contributed by atoms with van der Waals surface area (Å²) in [5.74, 6) is -0.807. The van der Waals surface area contributed by atoms with Crippen LogP contribution in [0.3, 0.4) is 0 Å². The minimum Gasteiger partial charge on any atom is -0.423 e. The third-order valence-corrected chi connectivity index (χ3v) is 5.16. The maximum Gasteiger partial charge on any atom is 0.336 e. The van der Waals surface area contributed by atoms with E-state index in [0.717, 1.165) is 10.9 Å². The van der Waals surface area contributed by atoms with E-state index < -0.39 is 11.5 Å².